The van der Waals surface area contributed by atoms with Crippen LogP contribution >= 0.6 is 0 Å². The molecule has 0 aromatic heterocycles. The third-order valence-corrected chi connectivity index (χ3v) is 5.75. The fraction of sp³-hybridized carbons (Fsp3) is 0.905. The predicted octanol–water partition coefficient (Wildman–Crippen LogP) is 5.00. The van der Waals surface area contributed by atoms with Gasteiger partial charge in [-0.05, 0) is 37.0 Å². The van der Waals surface area contributed by atoms with E-state index in [2.05, 4.69) is 20.8 Å². The molecule has 1 rings (SSSR count). The summed E-state index contributed by atoms with van der Waals surface area (Å²) >= 11 is 0. The van der Waals surface area contributed by atoms with Gasteiger partial charge in [0.1, 0.15) is 0 Å². The summed E-state index contributed by atoms with van der Waals surface area (Å²) in [6.45, 7) is 6.92. The molecule has 1 fully saturated rings. The van der Waals surface area contributed by atoms with Gasteiger partial charge in [-0.2, -0.15) is 0 Å². The second-order valence-electron chi connectivity index (χ2n) is 8.30. The van der Waals surface area contributed by atoms with Gasteiger partial charge in [0.05, 0.1) is 26.1 Å². The summed E-state index contributed by atoms with van der Waals surface area (Å²) in [7, 11) is 2.79. The lowest BCUT2D eigenvalue weighted by molar-refractivity contribution is -0.160. The number of esters is 2. The van der Waals surface area contributed by atoms with E-state index in [1.807, 2.05) is 0 Å². The van der Waals surface area contributed by atoms with Crippen molar-refractivity contribution in [1.29, 1.82) is 0 Å². The van der Waals surface area contributed by atoms with Gasteiger partial charge in [0.15, 0.2) is 0 Å². The summed E-state index contributed by atoms with van der Waals surface area (Å²) in [5.41, 5.74) is 0. The molecule has 4 heteroatoms. The molecule has 25 heavy (non-hydrogen) atoms. The van der Waals surface area contributed by atoms with Crippen LogP contribution in [0.3, 0.4) is 0 Å². The van der Waals surface area contributed by atoms with E-state index in [-0.39, 0.29) is 23.8 Å². The summed E-state index contributed by atoms with van der Waals surface area (Å²) < 4.78 is 9.79. The molecule has 0 aromatic carbocycles. The molecule has 0 aliphatic heterocycles. The zero-order chi connectivity index (χ0) is 18.8. The van der Waals surface area contributed by atoms with Crippen molar-refractivity contribution in [3.8, 4) is 0 Å². The average Bonchev–Trinajstić information content (AvgIpc) is 2.59. The van der Waals surface area contributed by atoms with Crippen LogP contribution in [-0.4, -0.2) is 26.2 Å². The molecule has 4 unspecified atom stereocenters. The van der Waals surface area contributed by atoms with Crippen LogP contribution < -0.4 is 0 Å². The highest BCUT2D eigenvalue weighted by Crippen LogP contribution is 2.38. The molecule has 0 amide bonds. The van der Waals surface area contributed by atoms with Gasteiger partial charge in [0, 0.05) is 0 Å². The van der Waals surface area contributed by atoms with Gasteiger partial charge in [-0.25, -0.2) is 0 Å². The number of ether oxygens (including phenoxy) is 2. The van der Waals surface area contributed by atoms with Crippen LogP contribution in [0, 0.1) is 29.6 Å². The molecule has 1 aliphatic carbocycles. The Bertz CT molecular complexity index is 405. The molecular formula is C21H38O4. The van der Waals surface area contributed by atoms with Crippen LogP contribution in [0.2, 0.25) is 0 Å². The van der Waals surface area contributed by atoms with Crippen LogP contribution in [0.4, 0.5) is 0 Å². The Morgan fingerprint density at radius 1 is 0.880 bits per heavy atom. The van der Waals surface area contributed by atoms with Gasteiger partial charge in [-0.15, -0.1) is 0 Å². The summed E-state index contributed by atoms with van der Waals surface area (Å²) in [6.07, 6.45) is 10.1. The van der Waals surface area contributed by atoms with Crippen molar-refractivity contribution in [2.45, 2.75) is 78.6 Å². The van der Waals surface area contributed by atoms with Gasteiger partial charge < -0.3 is 9.47 Å². The molecule has 4 nitrogen and oxygen atoms in total. The number of rotatable bonds is 10. The van der Waals surface area contributed by atoms with Crippen molar-refractivity contribution >= 4 is 11.9 Å². The first-order chi connectivity index (χ1) is 11.9. The SMILES string of the molecule is COC(=O)C1CCC(CCCC(C)CCCC(C)C)CC1C(=O)OC. The lowest BCUT2D eigenvalue weighted by atomic mass is 9.72. The molecule has 4 atom stereocenters. The maximum atomic E-state index is 12.1. The lowest BCUT2D eigenvalue weighted by Gasteiger charge is -2.33. The first-order valence-corrected chi connectivity index (χ1v) is 10.0. The summed E-state index contributed by atoms with van der Waals surface area (Å²) in [4.78, 5) is 24.0. The van der Waals surface area contributed by atoms with E-state index in [1.165, 1.54) is 46.3 Å². The smallest absolute Gasteiger partial charge is 0.309 e. The Morgan fingerprint density at radius 2 is 1.48 bits per heavy atom. The molecule has 0 bridgehead atoms. The lowest BCUT2D eigenvalue weighted by Crippen LogP contribution is -2.37. The fourth-order valence-corrected chi connectivity index (χ4v) is 4.14. The monoisotopic (exact) mass is 354 g/mol. The predicted molar refractivity (Wildman–Crippen MR) is 100 cm³/mol. The van der Waals surface area contributed by atoms with E-state index in [0.29, 0.717) is 5.92 Å². The third-order valence-electron chi connectivity index (χ3n) is 5.75. The topological polar surface area (TPSA) is 52.6 Å². The van der Waals surface area contributed by atoms with Crippen molar-refractivity contribution in [2.24, 2.45) is 29.6 Å². The molecule has 0 radical (unpaired) electrons. The number of carbonyl (C=O) groups excluding carboxylic acids is 2. The molecular weight excluding hydrogens is 316 g/mol. The van der Waals surface area contributed by atoms with E-state index in [1.54, 1.807) is 0 Å². The van der Waals surface area contributed by atoms with Gasteiger partial charge in [0.25, 0.3) is 0 Å². The number of hydrogen-bond acceptors (Lipinski definition) is 4. The fourth-order valence-electron chi connectivity index (χ4n) is 4.14. The van der Waals surface area contributed by atoms with Crippen molar-refractivity contribution in [1.82, 2.24) is 0 Å². The third kappa shape index (κ3) is 7.79. The Kier molecular flexibility index (Phi) is 10.1. The minimum Gasteiger partial charge on any atom is -0.469 e. The van der Waals surface area contributed by atoms with Gasteiger partial charge in [-0.3, -0.25) is 9.59 Å². The first kappa shape index (κ1) is 22.0. The molecule has 0 heterocycles. The Hall–Kier alpha value is -1.06. The second-order valence-corrected chi connectivity index (χ2v) is 8.30. The van der Waals surface area contributed by atoms with Gasteiger partial charge >= 0.3 is 11.9 Å². The van der Waals surface area contributed by atoms with Crippen LogP contribution in [0.1, 0.15) is 78.6 Å². The van der Waals surface area contributed by atoms with Gasteiger partial charge in [-0.1, -0.05) is 59.3 Å². The Labute approximate surface area is 154 Å². The van der Waals surface area contributed by atoms with Crippen LogP contribution in [0.15, 0.2) is 0 Å². The molecule has 1 aliphatic rings. The second kappa shape index (κ2) is 11.5. The van der Waals surface area contributed by atoms with E-state index in [9.17, 15) is 9.59 Å². The van der Waals surface area contributed by atoms with Crippen molar-refractivity contribution in [2.75, 3.05) is 14.2 Å². The minimum absolute atomic E-state index is 0.262. The molecule has 1 saturated carbocycles. The number of hydrogen-bond donors (Lipinski definition) is 0. The molecule has 0 spiro atoms. The quantitative estimate of drug-likeness (QED) is 0.518. The highest BCUT2D eigenvalue weighted by atomic mass is 16.5. The van der Waals surface area contributed by atoms with Crippen LogP contribution in [0.5, 0.6) is 0 Å². The van der Waals surface area contributed by atoms with Crippen molar-refractivity contribution in [3.63, 3.8) is 0 Å². The van der Waals surface area contributed by atoms with E-state index in [0.717, 1.165) is 37.5 Å². The zero-order valence-corrected chi connectivity index (χ0v) is 16.9. The van der Waals surface area contributed by atoms with E-state index >= 15 is 0 Å². The van der Waals surface area contributed by atoms with Gasteiger partial charge in [0.2, 0.25) is 0 Å². The maximum Gasteiger partial charge on any atom is 0.309 e. The highest BCUT2D eigenvalue weighted by molar-refractivity contribution is 5.82. The molecule has 0 N–H and O–H groups in total. The molecule has 0 saturated heterocycles. The van der Waals surface area contributed by atoms with Crippen LogP contribution in [-0.2, 0) is 19.1 Å². The normalized spacial score (nSPS) is 24.8. The largest absolute Gasteiger partial charge is 0.469 e. The average molecular weight is 355 g/mol. The minimum atomic E-state index is -0.334. The summed E-state index contributed by atoms with van der Waals surface area (Å²) in [6, 6.07) is 0. The standard InChI is InChI=1S/C21H38O4/c1-15(2)8-6-9-16(3)10-7-11-17-12-13-18(20(22)24-4)19(14-17)21(23)25-5/h15-19H,6-14H2,1-5H3. The van der Waals surface area contributed by atoms with E-state index in [4.69, 9.17) is 9.47 Å². The Morgan fingerprint density at radius 3 is 2.08 bits per heavy atom. The number of methoxy groups -OCH3 is 2. The van der Waals surface area contributed by atoms with Crippen molar-refractivity contribution < 1.29 is 19.1 Å². The van der Waals surface area contributed by atoms with E-state index < -0.39 is 0 Å². The number of carbonyl (C=O) groups is 2. The molecule has 0 aromatic rings. The Balaban J connectivity index is 2.38. The van der Waals surface area contributed by atoms with Crippen molar-refractivity contribution in [3.05, 3.63) is 0 Å². The first-order valence-electron chi connectivity index (χ1n) is 10.0. The highest BCUT2D eigenvalue weighted by Gasteiger charge is 2.40. The van der Waals surface area contributed by atoms with Crippen LogP contribution in [0.25, 0.3) is 0 Å². The summed E-state index contributed by atoms with van der Waals surface area (Å²) in [5, 5.41) is 0. The zero-order valence-electron chi connectivity index (χ0n) is 16.9. The summed E-state index contributed by atoms with van der Waals surface area (Å²) in [5.74, 6) is 0.903. The molecule has 146 valence electrons. The maximum absolute atomic E-state index is 12.1.